The molecule has 0 saturated carbocycles. The van der Waals surface area contributed by atoms with Gasteiger partial charge in [-0.2, -0.15) is 0 Å². The molecule has 0 unspecified atom stereocenters. The fourth-order valence-electron chi connectivity index (χ4n) is 10.8. The van der Waals surface area contributed by atoms with Crippen LogP contribution in [0.25, 0.3) is 0 Å². The van der Waals surface area contributed by atoms with Crippen LogP contribution in [0.15, 0.2) is 121 Å². The number of carbonyl (C=O) groups is 1. The lowest BCUT2D eigenvalue weighted by molar-refractivity contribution is -0.288. The Morgan fingerprint density at radius 3 is 1.54 bits per heavy atom. The van der Waals surface area contributed by atoms with Gasteiger partial charge in [0.05, 0.1) is 24.7 Å². The van der Waals surface area contributed by atoms with E-state index >= 15 is 0 Å². The Bertz CT molecular complexity index is 2090. The topological polar surface area (TPSA) is 72.5 Å². The van der Waals surface area contributed by atoms with Crippen molar-refractivity contribution >= 4 is 51.7 Å². The van der Waals surface area contributed by atoms with Gasteiger partial charge in [-0.3, -0.25) is 4.79 Å². The minimum absolute atomic E-state index is 0.00315. The third-order valence-corrected chi connectivity index (χ3v) is 30.0. The first kappa shape index (κ1) is 53.2. The van der Waals surface area contributed by atoms with Crippen molar-refractivity contribution in [2.45, 2.75) is 185 Å². The summed E-state index contributed by atoms with van der Waals surface area (Å²) >= 11 is 0. The van der Waals surface area contributed by atoms with E-state index < -0.39 is 36.3 Å². The normalized spacial score (nSPS) is 25.1. The molecule has 2 heterocycles. The van der Waals surface area contributed by atoms with Gasteiger partial charge in [-0.15, -0.1) is 0 Å². The van der Waals surface area contributed by atoms with Gasteiger partial charge in [0.15, 0.2) is 14.1 Å². The predicted molar refractivity (Wildman–Crippen MR) is 283 cm³/mol. The molecule has 0 aromatic heterocycles. The lowest BCUT2D eigenvalue weighted by atomic mass is 9.84. The van der Waals surface area contributed by atoms with Crippen molar-refractivity contribution in [1.82, 2.24) is 0 Å². The van der Waals surface area contributed by atoms with E-state index in [9.17, 15) is 4.79 Å². The Labute approximate surface area is 408 Å². The zero-order chi connectivity index (χ0) is 48.9. The van der Waals surface area contributed by atoms with Crippen LogP contribution in [0.2, 0.25) is 28.2 Å². The van der Waals surface area contributed by atoms with Crippen molar-refractivity contribution in [2.24, 2.45) is 5.92 Å². The third-order valence-electron chi connectivity index (χ3n) is 15.4. The standard InChI is InChI=1S/C57H84O7Si3/c1-44-36-37-45-40-46(63-67(55(8,9)10,49-32-23-17-24-33-49)50-34-25-18-26-35-50)41-57(59-12,61-45)43-52(58)62-56(11,42-51(44)64-65(13,14)53(2,3)4)38-27-39-60-66(54(5,6)7,47-28-19-15-20-29-47)48-30-21-16-22-31-48/h15-26,28-35,44-46,51H,27,36-43H2,1-14H3/t44-,45-,46+,51-,56-,57-/m0/s1. The monoisotopic (exact) mass is 965 g/mol. The lowest BCUT2D eigenvalue weighted by Crippen LogP contribution is -2.68. The quantitative estimate of drug-likeness (QED) is 0.0708. The van der Waals surface area contributed by atoms with Gasteiger partial charge in [0.2, 0.25) is 0 Å². The van der Waals surface area contributed by atoms with Crippen molar-refractivity contribution in [3.8, 4) is 0 Å². The molecule has 2 fully saturated rings. The number of cyclic esters (lactones) is 1. The summed E-state index contributed by atoms with van der Waals surface area (Å²) in [4.78, 5) is 14.8. The van der Waals surface area contributed by atoms with Crippen LogP contribution in [0.5, 0.6) is 0 Å². The molecule has 0 aliphatic carbocycles. The van der Waals surface area contributed by atoms with E-state index in [2.05, 4.69) is 211 Å². The molecule has 4 aromatic carbocycles. The van der Waals surface area contributed by atoms with Gasteiger partial charge in [0, 0.05) is 26.6 Å². The summed E-state index contributed by atoms with van der Waals surface area (Å²) in [6, 6.07) is 43.2. The summed E-state index contributed by atoms with van der Waals surface area (Å²) in [7, 11) is -6.30. The van der Waals surface area contributed by atoms with E-state index in [0.717, 1.165) is 12.8 Å². The molecule has 0 radical (unpaired) electrons. The SMILES string of the molecule is CO[C@@]12CC(=O)O[C@@](C)(CCCO[Si](c3ccccc3)(c3ccccc3)C(C)(C)C)C[C@H](O[Si](C)(C)C(C)(C)C)[C@@H](C)CC[C@@H](C[C@@H](O[Si](c3ccccc3)(c3ccccc3)C(C)(C)C)C1)O2. The molecule has 6 atom stereocenters. The molecular formula is C57H84O7Si3. The number of methoxy groups -OCH3 is 1. The van der Waals surface area contributed by atoms with Crippen LogP contribution >= 0.6 is 0 Å². The molecule has 67 heavy (non-hydrogen) atoms. The van der Waals surface area contributed by atoms with E-state index in [1.54, 1.807) is 7.11 Å². The number of benzene rings is 4. The predicted octanol–water partition coefficient (Wildman–Crippen LogP) is 11.7. The maximum atomic E-state index is 14.8. The summed E-state index contributed by atoms with van der Waals surface area (Å²) in [6.45, 7) is 30.4. The largest absolute Gasteiger partial charge is 0.459 e. The number of fused-ring (bicyclic) bond motifs is 2. The molecule has 10 heteroatoms. The first-order chi connectivity index (χ1) is 31.4. The molecule has 0 amide bonds. The number of ether oxygens (including phenoxy) is 3. The van der Waals surface area contributed by atoms with Crippen LogP contribution in [0.1, 0.15) is 128 Å². The highest BCUT2D eigenvalue weighted by Crippen LogP contribution is 2.46. The molecule has 2 aliphatic rings. The molecule has 0 N–H and O–H groups in total. The van der Waals surface area contributed by atoms with Crippen molar-refractivity contribution in [1.29, 1.82) is 0 Å². The van der Waals surface area contributed by atoms with Crippen molar-refractivity contribution in [3.63, 3.8) is 0 Å². The average Bonchev–Trinajstić information content (AvgIpc) is 3.26. The maximum absolute atomic E-state index is 14.8. The highest BCUT2D eigenvalue weighted by atomic mass is 28.4. The molecule has 4 aromatic rings. The van der Waals surface area contributed by atoms with E-state index in [1.165, 1.54) is 20.7 Å². The second-order valence-corrected chi connectivity index (χ2v) is 36.9. The summed E-state index contributed by atoms with van der Waals surface area (Å²) < 4.78 is 42.9. The molecule has 7 nitrogen and oxygen atoms in total. The Morgan fingerprint density at radius 2 is 1.10 bits per heavy atom. The number of rotatable bonds is 14. The molecule has 2 bridgehead atoms. The fraction of sp³-hybridized carbons (Fsp3) is 0.561. The van der Waals surface area contributed by atoms with E-state index in [-0.39, 0.29) is 51.7 Å². The Balaban J connectivity index is 1.35. The second kappa shape index (κ2) is 21.0. The van der Waals surface area contributed by atoms with Crippen molar-refractivity contribution in [2.75, 3.05) is 13.7 Å². The Hall–Kier alpha value is -3.20. The van der Waals surface area contributed by atoms with E-state index in [1.807, 2.05) is 0 Å². The van der Waals surface area contributed by atoms with Crippen LogP contribution < -0.4 is 20.7 Å². The first-order valence-corrected chi connectivity index (χ1v) is 31.8. The van der Waals surface area contributed by atoms with Gasteiger partial charge in [-0.1, -0.05) is 191 Å². The molecule has 2 aliphatic heterocycles. The maximum Gasteiger partial charge on any atom is 0.311 e. The van der Waals surface area contributed by atoms with Gasteiger partial charge in [-0.25, -0.2) is 0 Å². The number of hydrogen-bond donors (Lipinski definition) is 0. The van der Waals surface area contributed by atoms with E-state index in [0.29, 0.717) is 38.7 Å². The first-order valence-electron chi connectivity index (χ1n) is 25.1. The Morgan fingerprint density at radius 1 is 0.642 bits per heavy atom. The molecular weight excluding hydrogens is 881 g/mol. The number of carbonyl (C=O) groups excluding carboxylic acids is 1. The van der Waals surface area contributed by atoms with Crippen LogP contribution in [0.3, 0.4) is 0 Å². The molecule has 6 rings (SSSR count). The molecule has 366 valence electrons. The van der Waals surface area contributed by atoms with Crippen LogP contribution in [-0.2, 0) is 32.3 Å². The van der Waals surface area contributed by atoms with E-state index in [4.69, 9.17) is 27.5 Å². The Kier molecular flexibility index (Phi) is 16.7. The summed E-state index contributed by atoms with van der Waals surface area (Å²) in [5.41, 5.74) is -0.847. The van der Waals surface area contributed by atoms with Gasteiger partial charge in [0.25, 0.3) is 16.6 Å². The lowest BCUT2D eigenvalue weighted by Gasteiger charge is -2.50. The van der Waals surface area contributed by atoms with Crippen LogP contribution in [0, 0.1) is 5.92 Å². The third kappa shape index (κ3) is 11.9. The number of hydrogen-bond acceptors (Lipinski definition) is 7. The number of esters is 1. The van der Waals surface area contributed by atoms with Crippen LogP contribution in [0.4, 0.5) is 0 Å². The van der Waals surface area contributed by atoms with Crippen molar-refractivity contribution in [3.05, 3.63) is 121 Å². The summed E-state index contributed by atoms with van der Waals surface area (Å²) in [5, 5.41) is 4.59. The zero-order valence-electron chi connectivity index (χ0n) is 43.6. The van der Waals surface area contributed by atoms with Gasteiger partial charge in [0.1, 0.15) is 5.60 Å². The molecule has 2 saturated heterocycles. The van der Waals surface area contributed by atoms with Gasteiger partial charge in [-0.05, 0) is 93.9 Å². The second-order valence-electron chi connectivity index (χ2n) is 23.6. The summed E-state index contributed by atoms with van der Waals surface area (Å²) in [5.74, 6) is -1.39. The van der Waals surface area contributed by atoms with Gasteiger partial charge < -0.3 is 27.5 Å². The fourth-order valence-corrected chi connectivity index (χ4v) is 21.5. The smallest absolute Gasteiger partial charge is 0.311 e. The zero-order valence-corrected chi connectivity index (χ0v) is 46.6. The minimum Gasteiger partial charge on any atom is -0.459 e. The average molecular weight is 966 g/mol. The minimum atomic E-state index is -2.95. The highest BCUT2D eigenvalue weighted by Gasteiger charge is 2.55. The highest BCUT2D eigenvalue weighted by molar-refractivity contribution is 7.00. The molecule has 0 spiro atoms. The van der Waals surface area contributed by atoms with Crippen LogP contribution in [-0.4, -0.2) is 74.3 Å². The van der Waals surface area contributed by atoms with Gasteiger partial charge >= 0.3 is 5.97 Å². The van der Waals surface area contributed by atoms with Crippen molar-refractivity contribution < 1.29 is 32.3 Å². The summed E-state index contributed by atoms with van der Waals surface area (Å²) in [6.07, 6.45) is 4.11.